The summed E-state index contributed by atoms with van der Waals surface area (Å²) in [5.41, 5.74) is 1.54. The summed E-state index contributed by atoms with van der Waals surface area (Å²) in [6.07, 6.45) is 1.86. The number of guanidine groups is 1. The van der Waals surface area contributed by atoms with E-state index in [-0.39, 0.29) is 29.8 Å². The highest BCUT2D eigenvalue weighted by Gasteiger charge is 2.03. The molecule has 0 radical (unpaired) electrons. The predicted octanol–water partition coefficient (Wildman–Crippen LogP) is 3.38. The van der Waals surface area contributed by atoms with Gasteiger partial charge in [-0.25, -0.2) is 9.37 Å². The van der Waals surface area contributed by atoms with Crippen LogP contribution in [0.25, 0.3) is 0 Å². The Morgan fingerprint density at radius 3 is 2.59 bits per heavy atom. The van der Waals surface area contributed by atoms with Crippen LogP contribution in [0.4, 0.5) is 4.39 Å². The molecule has 0 unspecified atom stereocenters. The molecule has 0 saturated heterocycles. The van der Waals surface area contributed by atoms with Crippen molar-refractivity contribution < 1.29 is 4.39 Å². The van der Waals surface area contributed by atoms with Crippen molar-refractivity contribution in [3.63, 3.8) is 0 Å². The number of aromatic nitrogens is 1. The van der Waals surface area contributed by atoms with Crippen LogP contribution in [0, 0.1) is 19.7 Å². The molecule has 120 valence electrons. The zero-order valence-corrected chi connectivity index (χ0v) is 16.0. The van der Waals surface area contributed by atoms with Crippen molar-refractivity contribution in [1.29, 1.82) is 0 Å². The summed E-state index contributed by atoms with van der Waals surface area (Å²) >= 11 is 1.65. The standard InChI is InChI=1S/C15H19FN4S.HI/c1-10-4-5-12(6-14(10)16)7-19-15(17-3)20-9-13-8-18-11(2)21-13;/h4-6,8H,7,9H2,1-3H3,(H2,17,19,20);1H. The second-order valence-electron chi connectivity index (χ2n) is 4.71. The Kier molecular flexibility index (Phi) is 7.74. The maximum atomic E-state index is 13.5. The van der Waals surface area contributed by atoms with Crippen molar-refractivity contribution in [2.45, 2.75) is 26.9 Å². The SMILES string of the molecule is CN=C(NCc1ccc(C)c(F)c1)NCc1cnc(C)s1.I. The largest absolute Gasteiger partial charge is 0.352 e. The number of aryl methyl sites for hydroxylation is 2. The zero-order chi connectivity index (χ0) is 15.2. The first-order valence-electron chi connectivity index (χ1n) is 6.69. The first kappa shape index (κ1) is 18.8. The summed E-state index contributed by atoms with van der Waals surface area (Å²) in [7, 11) is 1.71. The molecule has 22 heavy (non-hydrogen) atoms. The van der Waals surface area contributed by atoms with Gasteiger partial charge < -0.3 is 10.6 Å². The second-order valence-corrected chi connectivity index (χ2v) is 6.03. The van der Waals surface area contributed by atoms with Crippen LogP contribution in [0.5, 0.6) is 0 Å². The maximum Gasteiger partial charge on any atom is 0.191 e. The summed E-state index contributed by atoms with van der Waals surface area (Å²) in [5.74, 6) is 0.499. The lowest BCUT2D eigenvalue weighted by Gasteiger charge is -2.11. The van der Waals surface area contributed by atoms with Gasteiger partial charge >= 0.3 is 0 Å². The molecule has 0 atom stereocenters. The minimum atomic E-state index is -0.183. The monoisotopic (exact) mass is 434 g/mol. The average molecular weight is 434 g/mol. The average Bonchev–Trinajstić information content (AvgIpc) is 2.88. The number of nitrogens with zero attached hydrogens (tertiary/aromatic N) is 2. The minimum absolute atomic E-state index is 0. The van der Waals surface area contributed by atoms with E-state index in [1.165, 1.54) is 0 Å². The molecule has 0 spiro atoms. The van der Waals surface area contributed by atoms with Gasteiger partial charge in [0.05, 0.1) is 11.6 Å². The van der Waals surface area contributed by atoms with Crippen LogP contribution in [-0.4, -0.2) is 18.0 Å². The number of halogens is 2. The first-order chi connectivity index (χ1) is 10.1. The van der Waals surface area contributed by atoms with E-state index in [1.54, 1.807) is 37.4 Å². The molecule has 0 aliphatic heterocycles. The molecule has 0 fully saturated rings. The number of aliphatic imine (C=N–C) groups is 1. The molecule has 1 heterocycles. The lowest BCUT2D eigenvalue weighted by atomic mass is 10.1. The van der Waals surface area contributed by atoms with Crippen LogP contribution in [0.1, 0.15) is 21.0 Å². The van der Waals surface area contributed by atoms with E-state index < -0.39 is 0 Å². The van der Waals surface area contributed by atoms with Gasteiger partial charge in [-0.15, -0.1) is 35.3 Å². The molecule has 0 saturated carbocycles. The summed E-state index contributed by atoms with van der Waals surface area (Å²) in [5, 5.41) is 7.42. The molecule has 1 aromatic carbocycles. The number of nitrogens with one attached hydrogen (secondary N) is 2. The fourth-order valence-electron chi connectivity index (χ4n) is 1.81. The third-order valence-corrected chi connectivity index (χ3v) is 3.93. The van der Waals surface area contributed by atoms with Crippen molar-refractivity contribution in [3.8, 4) is 0 Å². The lowest BCUT2D eigenvalue weighted by molar-refractivity contribution is 0.615. The highest BCUT2D eigenvalue weighted by molar-refractivity contribution is 14.0. The van der Waals surface area contributed by atoms with E-state index in [0.29, 0.717) is 24.6 Å². The maximum absolute atomic E-state index is 13.5. The molecular weight excluding hydrogens is 414 g/mol. The summed E-state index contributed by atoms with van der Waals surface area (Å²) in [4.78, 5) is 9.51. The van der Waals surface area contributed by atoms with Gasteiger partial charge in [0.15, 0.2) is 5.96 Å². The Balaban J connectivity index is 0.00000242. The van der Waals surface area contributed by atoms with Crippen molar-refractivity contribution in [2.75, 3.05) is 7.05 Å². The van der Waals surface area contributed by atoms with Crippen LogP contribution in [0.2, 0.25) is 0 Å². The molecule has 2 aromatic rings. The second kappa shape index (κ2) is 9.04. The normalized spacial score (nSPS) is 11.0. The lowest BCUT2D eigenvalue weighted by Crippen LogP contribution is -2.36. The van der Waals surface area contributed by atoms with Gasteiger partial charge in [-0.2, -0.15) is 0 Å². The number of hydrogen-bond donors (Lipinski definition) is 2. The fraction of sp³-hybridized carbons (Fsp3) is 0.333. The smallest absolute Gasteiger partial charge is 0.191 e. The number of benzene rings is 1. The summed E-state index contributed by atoms with van der Waals surface area (Å²) < 4.78 is 13.5. The van der Waals surface area contributed by atoms with Gasteiger partial charge in [0.25, 0.3) is 0 Å². The van der Waals surface area contributed by atoms with Crippen molar-refractivity contribution in [1.82, 2.24) is 15.6 Å². The van der Waals surface area contributed by atoms with Gasteiger partial charge in [-0.1, -0.05) is 12.1 Å². The first-order valence-corrected chi connectivity index (χ1v) is 7.51. The molecule has 1 aromatic heterocycles. The predicted molar refractivity (Wildman–Crippen MR) is 100 cm³/mol. The van der Waals surface area contributed by atoms with E-state index in [2.05, 4.69) is 20.6 Å². The van der Waals surface area contributed by atoms with Crippen LogP contribution in [-0.2, 0) is 13.1 Å². The van der Waals surface area contributed by atoms with E-state index in [9.17, 15) is 4.39 Å². The number of rotatable bonds is 4. The Morgan fingerprint density at radius 2 is 2.00 bits per heavy atom. The molecule has 7 heteroatoms. The molecule has 0 bridgehead atoms. The Bertz CT molecular complexity index is 642. The molecule has 2 N–H and O–H groups in total. The Hall–Kier alpha value is -1.22. The molecule has 0 aliphatic rings. The molecule has 2 rings (SSSR count). The zero-order valence-electron chi connectivity index (χ0n) is 12.8. The van der Waals surface area contributed by atoms with Crippen molar-refractivity contribution >= 4 is 41.3 Å². The van der Waals surface area contributed by atoms with Crippen molar-refractivity contribution in [3.05, 3.63) is 51.2 Å². The molecule has 0 aliphatic carbocycles. The van der Waals surface area contributed by atoms with Crippen molar-refractivity contribution in [2.24, 2.45) is 4.99 Å². The highest BCUT2D eigenvalue weighted by atomic mass is 127. The van der Waals surface area contributed by atoms with Gasteiger partial charge in [0, 0.05) is 24.7 Å². The summed E-state index contributed by atoms with van der Waals surface area (Å²) in [6, 6.07) is 5.23. The quantitative estimate of drug-likeness (QED) is 0.441. The van der Waals surface area contributed by atoms with E-state index >= 15 is 0 Å². The number of thiazole rings is 1. The minimum Gasteiger partial charge on any atom is -0.352 e. The van der Waals surface area contributed by atoms with Gasteiger partial charge in [-0.3, -0.25) is 4.99 Å². The molecular formula is C15H20FIN4S. The fourth-order valence-corrected chi connectivity index (χ4v) is 2.55. The van der Waals surface area contributed by atoms with Crippen LogP contribution < -0.4 is 10.6 Å². The van der Waals surface area contributed by atoms with Gasteiger partial charge in [-0.05, 0) is 31.0 Å². The van der Waals surface area contributed by atoms with Gasteiger partial charge in [0.2, 0.25) is 0 Å². The van der Waals surface area contributed by atoms with E-state index in [1.807, 2.05) is 19.2 Å². The summed E-state index contributed by atoms with van der Waals surface area (Å²) in [6.45, 7) is 4.93. The van der Waals surface area contributed by atoms with Gasteiger partial charge in [0.1, 0.15) is 5.82 Å². The third kappa shape index (κ3) is 5.53. The van der Waals surface area contributed by atoms with E-state index in [4.69, 9.17) is 0 Å². The molecule has 0 amide bonds. The van der Waals surface area contributed by atoms with Crippen LogP contribution in [0.15, 0.2) is 29.4 Å². The Morgan fingerprint density at radius 1 is 1.27 bits per heavy atom. The van der Waals surface area contributed by atoms with Crippen LogP contribution >= 0.6 is 35.3 Å². The van der Waals surface area contributed by atoms with E-state index in [0.717, 1.165) is 15.4 Å². The number of hydrogen-bond acceptors (Lipinski definition) is 3. The highest BCUT2D eigenvalue weighted by Crippen LogP contribution is 2.11. The topological polar surface area (TPSA) is 49.3 Å². The third-order valence-electron chi connectivity index (χ3n) is 3.02. The Labute approximate surface area is 151 Å². The molecule has 4 nitrogen and oxygen atoms in total. The van der Waals surface area contributed by atoms with Crippen LogP contribution in [0.3, 0.4) is 0 Å².